The van der Waals surface area contributed by atoms with Gasteiger partial charge in [-0.05, 0) is 46.2 Å². The fourth-order valence-corrected chi connectivity index (χ4v) is 3.24. The van der Waals surface area contributed by atoms with Gasteiger partial charge in [-0.2, -0.15) is 5.26 Å². The summed E-state index contributed by atoms with van der Waals surface area (Å²) in [6.45, 7) is 8.35. The molecule has 0 unspecified atom stereocenters. The molecule has 1 aliphatic rings. The lowest BCUT2D eigenvalue weighted by Crippen LogP contribution is -2.49. The van der Waals surface area contributed by atoms with Crippen molar-refractivity contribution in [2.24, 2.45) is 0 Å². The molecular formula is C18H22ClN3O4. The number of hydrogen-bond donors (Lipinski definition) is 2. The number of amides is 1. The number of halogens is 1. The first-order valence-corrected chi connectivity index (χ1v) is 8.55. The molecule has 0 aromatic heterocycles. The first-order valence-electron chi connectivity index (χ1n) is 8.18. The van der Waals surface area contributed by atoms with Crippen LogP contribution in [0.1, 0.15) is 50.0 Å². The van der Waals surface area contributed by atoms with Crippen molar-refractivity contribution >= 4 is 29.4 Å². The number of anilines is 1. The van der Waals surface area contributed by atoms with Crippen LogP contribution in [0.3, 0.4) is 0 Å². The van der Waals surface area contributed by atoms with Crippen molar-refractivity contribution in [2.45, 2.75) is 45.3 Å². The van der Waals surface area contributed by atoms with Crippen LogP contribution < -0.4 is 10.2 Å². The van der Waals surface area contributed by atoms with Crippen molar-refractivity contribution in [1.29, 1.82) is 5.26 Å². The highest BCUT2D eigenvalue weighted by atomic mass is 35.5. The number of aromatic carboxylic acids is 1. The van der Waals surface area contributed by atoms with E-state index in [9.17, 15) is 14.9 Å². The monoisotopic (exact) mass is 379 g/mol. The summed E-state index contributed by atoms with van der Waals surface area (Å²) in [5.74, 6) is -1.20. The number of hydrogen-bond acceptors (Lipinski definition) is 5. The molecule has 2 rings (SSSR count). The zero-order valence-electron chi connectivity index (χ0n) is 15.2. The van der Waals surface area contributed by atoms with Crippen LogP contribution in [0.2, 0.25) is 5.02 Å². The minimum atomic E-state index is -1.20. The minimum Gasteiger partial charge on any atom is -0.478 e. The molecule has 0 saturated carbocycles. The molecular weight excluding hydrogens is 358 g/mol. The van der Waals surface area contributed by atoms with Gasteiger partial charge in [-0.1, -0.05) is 11.6 Å². The third kappa shape index (κ3) is 4.38. The lowest BCUT2D eigenvalue weighted by atomic mass is 10.0. The van der Waals surface area contributed by atoms with Gasteiger partial charge in [0, 0.05) is 13.1 Å². The third-order valence-electron chi connectivity index (χ3n) is 4.08. The van der Waals surface area contributed by atoms with Gasteiger partial charge < -0.3 is 20.1 Å². The molecule has 0 aliphatic carbocycles. The molecule has 1 aliphatic heterocycles. The summed E-state index contributed by atoms with van der Waals surface area (Å²) in [7, 11) is 0. The van der Waals surface area contributed by atoms with Crippen molar-refractivity contribution in [2.75, 3.05) is 18.0 Å². The Labute approximate surface area is 157 Å². The van der Waals surface area contributed by atoms with Crippen LogP contribution in [0.15, 0.2) is 12.1 Å². The molecule has 140 valence electrons. The van der Waals surface area contributed by atoms with Crippen LogP contribution in [-0.4, -0.2) is 41.4 Å². The molecule has 26 heavy (non-hydrogen) atoms. The molecule has 1 atom stereocenters. The molecule has 1 saturated heterocycles. The van der Waals surface area contributed by atoms with Gasteiger partial charge in [-0.3, -0.25) is 0 Å². The zero-order valence-corrected chi connectivity index (χ0v) is 16.0. The molecule has 1 fully saturated rings. The normalized spacial score (nSPS) is 19.8. The Balaban J connectivity index is 2.19. The molecule has 7 nitrogen and oxygen atoms in total. The lowest BCUT2D eigenvalue weighted by molar-refractivity contribution is 0.0473. The van der Waals surface area contributed by atoms with E-state index in [1.54, 1.807) is 26.8 Å². The standard InChI is InChI=1S/C18H22ClN3O4/c1-17(2,3)26-16(25)21-18(4)7-8-22(10-18)13-6-5-11(15(23)24)12(9-20)14(13)19/h5-6H,7-8,10H2,1-4H3,(H,21,25)(H,23,24)/t18-/m0/s1. The maximum atomic E-state index is 12.1. The van der Waals surface area contributed by atoms with Gasteiger partial charge in [-0.15, -0.1) is 0 Å². The number of alkyl carbamates (subject to hydrolysis) is 1. The molecule has 0 bridgehead atoms. The van der Waals surface area contributed by atoms with E-state index in [4.69, 9.17) is 21.4 Å². The zero-order chi connectivity index (χ0) is 19.7. The predicted molar refractivity (Wildman–Crippen MR) is 97.7 cm³/mol. The van der Waals surface area contributed by atoms with Gasteiger partial charge in [0.25, 0.3) is 0 Å². The van der Waals surface area contributed by atoms with E-state index < -0.39 is 23.2 Å². The number of carboxylic acids is 1. The minimum absolute atomic E-state index is 0.0645. The van der Waals surface area contributed by atoms with Gasteiger partial charge in [0.2, 0.25) is 0 Å². The topological polar surface area (TPSA) is 103 Å². The molecule has 2 N–H and O–H groups in total. The van der Waals surface area contributed by atoms with E-state index >= 15 is 0 Å². The maximum Gasteiger partial charge on any atom is 0.408 e. The van der Waals surface area contributed by atoms with Crippen molar-refractivity contribution in [1.82, 2.24) is 5.32 Å². The Hall–Kier alpha value is -2.46. The molecule has 1 aromatic carbocycles. The molecule has 0 radical (unpaired) electrons. The molecule has 0 spiro atoms. The number of nitriles is 1. The van der Waals surface area contributed by atoms with E-state index in [0.29, 0.717) is 25.2 Å². The predicted octanol–water partition coefficient (Wildman–Crippen LogP) is 3.40. The van der Waals surface area contributed by atoms with Gasteiger partial charge >= 0.3 is 12.1 Å². The Morgan fingerprint density at radius 3 is 2.62 bits per heavy atom. The summed E-state index contributed by atoms with van der Waals surface area (Å²) < 4.78 is 5.31. The number of benzene rings is 1. The number of nitrogens with one attached hydrogen (secondary N) is 1. The summed E-state index contributed by atoms with van der Waals surface area (Å²) in [6, 6.07) is 4.82. The molecule has 8 heteroatoms. The third-order valence-corrected chi connectivity index (χ3v) is 4.46. The van der Waals surface area contributed by atoms with E-state index in [1.807, 2.05) is 17.9 Å². The van der Waals surface area contributed by atoms with Crippen molar-refractivity contribution < 1.29 is 19.4 Å². The summed E-state index contributed by atoms with van der Waals surface area (Å²) >= 11 is 6.28. The van der Waals surface area contributed by atoms with Crippen LogP contribution in [0, 0.1) is 11.3 Å². The SMILES string of the molecule is CC(C)(C)OC(=O)N[C@@]1(C)CCN(c2ccc(C(=O)O)c(C#N)c2Cl)C1. The van der Waals surface area contributed by atoms with Crippen LogP contribution in [0.25, 0.3) is 0 Å². The quantitative estimate of drug-likeness (QED) is 0.834. The summed E-state index contributed by atoms with van der Waals surface area (Å²) in [6.07, 6.45) is 0.164. The van der Waals surface area contributed by atoms with Crippen molar-refractivity contribution in [3.8, 4) is 6.07 Å². The van der Waals surface area contributed by atoms with Crippen LogP contribution in [-0.2, 0) is 4.74 Å². The fraction of sp³-hybridized carbons (Fsp3) is 0.500. The second-order valence-corrected chi connectivity index (χ2v) is 7.98. The number of carbonyl (C=O) groups is 2. The number of carboxylic acid groups (broad SMARTS) is 1. The first kappa shape index (κ1) is 19.9. The molecule has 1 amide bonds. The number of ether oxygens (including phenoxy) is 1. The van der Waals surface area contributed by atoms with E-state index in [2.05, 4.69) is 5.32 Å². The summed E-state index contributed by atoms with van der Waals surface area (Å²) in [5.41, 5.74) is -0.733. The van der Waals surface area contributed by atoms with Gasteiger partial charge in [0.15, 0.2) is 0 Å². The average Bonchev–Trinajstić information content (AvgIpc) is 2.86. The highest BCUT2D eigenvalue weighted by molar-refractivity contribution is 6.35. The Kier molecular flexibility index (Phi) is 5.38. The number of nitrogens with zero attached hydrogens (tertiary/aromatic N) is 2. The Morgan fingerprint density at radius 2 is 2.08 bits per heavy atom. The van der Waals surface area contributed by atoms with Crippen molar-refractivity contribution in [3.05, 3.63) is 28.3 Å². The molecule has 1 heterocycles. The molecule has 1 aromatic rings. The Bertz CT molecular complexity index is 782. The van der Waals surface area contributed by atoms with Crippen molar-refractivity contribution in [3.63, 3.8) is 0 Å². The van der Waals surface area contributed by atoms with E-state index in [-0.39, 0.29) is 16.1 Å². The maximum absolute atomic E-state index is 12.1. The van der Waals surface area contributed by atoms with Crippen LogP contribution in [0.5, 0.6) is 0 Å². The summed E-state index contributed by atoms with van der Waals surface area (Å²) in [5, 5.41) is 21.4. The van der Waals surface area contributed by atoms with E-state index in [0.717, 1.165) is 0 Å². The smallest absolute Gasteiger partial charge is 0.408 e. The number of rotatable bonds is 3. The second-order valence-electron chi connectivity index (χ2n) is 7.60. The van der Waals surface area contributed by atoms with Gasteiger partial charge in [0.05, 0.1) is 27.4 Å². The highest BCUT2D eigenvalue weighted by Gasteiger charge is 2.37. The van der Waals surface area contributed by atoms with Gasteiger partial charge in [-0.25, -0.2) is 9.59 Å². The lowest BCUT2D eigenvalue weighted by Gasteiger charge is -2.29. The summed E-state index contributed by atoms with van der Waals surface area (Å²) in [4.78, 5) is 25.2. The highest BCUT2D eigenvalue weighted by Crippen LogP contribution is 2.35. The average molecular weight is 380 g/mol. The Morgan fingerprint density at radius 1 is 1.42 bits per heavy atom. The second kappa shape index (κ2) is 7.04. The first-order chi connectivity index (χ1) is 12.0. The van der Waals surface area contributed by atoms with Crippen LogP contribution in [0.4, 0.5) is 10.5 Å². The van der Waals surface area contributed by atoms with Crippen LogP contribution >= 0.6 is 11.6 Å². The van der Waals surface area contributed by atoms with Gasteiger partial charge in [0.1, 0.15) is 11.7 Å². The fourth-order valence-electron chi connectivity index (χ4n) is 2.92. The number of carbonyl (C=O) groups excluding carboxylic acids is 1. The van der Waals surface area contributed by atoms with E-state index in [1.165, 1.54) is 6.07 Å². The largest absolute Gasteiger partial charge is 0.478 e.